The van der Waals surface area contributed by atoms with Gasteiger partial charge in [0.2, 0.25) is 23.7 Å². The fourth-order valence-corrected chi connectivity index (χ4v) is 11.9. The first-order valence-electron chi connectivity index (χ1n) is 28.2. The molecule has 0 spiro atoms. The maximum atomic E-state index is 14.6. The number of nitrogens with one attached hydrogen (secondary N) is 4. The molecule has 1 heterocycles. The molecule has 0 saturated heterocycles. The summed E-state index contributed by atoms with van der Waals surface area (Å²) in [7, 11) is 0. The van der Waals surface area contributed by atoms with E-state index >= 15 is 0 Å². The Hall–Kier alpha value is -8.52. The van der Waals surface area contributed by atoms with Gasteiger partial charge in [-0.05, 0) is 158 Å². The van der Waals surface area contributed by atoms with Crippen molar-refractivity contribution in [1.29, 1.82) is 0 Å². The fraction of sp³-hybridized carbons (Fsp3) is 0.343. The third-order valence-corrected chi connectivity index (χ3v) is 16.0. The number of fused-ring (bicyclic) bond motifs is 7. The Morgan fingerprint density at radius 1 is 0.605 bits per heavy atom. The first kappa shape index (κ1) is 55.8. The van der Waals surface area contributed by atoms with Crippen LogP contribution in [0.25, 0.3) is 0 Å². The highest BCUT2D eigenvalue weighted by Crippen LogP contribution is 2.59. The van der Waals surface area contributed by atoms with Crippen LogP contribution in [0.4, 0.5) is 10.7 Å². The molecule has 6 aromatic carbocycles. The highest BCUT2D eigenvalue weighted by molar-refractivity contribution is 5.98. The molecule has 0 bridgehead atoms. The van der Waals surface area contributed by atoms with Gasteiger partial charge in [0.1, 0.15) is 60.8 Å². The zero-order valence-corrected chi connectivity index (χ0v) is 46.8. The molecule has 1 aromatic heterocycles. The number of rotatable bonds is 20. The van der Waals surface area contributed by atoms with Crippen LogP contribution in [0.5, 0.6) is 17.2 Å². The van der Waals surface area contributed by atoms with E-state index in [1.165, 1.54) is 18.1 Å². The Morgan fingerprint density at radius 3 is 1.69 bits per heavy atom. The summed E-state index contributed by atoms with van der Waals surface area (Å²) in [6.07, 6.45) is 6.14. The van der Waals surface area contributed by atoms with E-state index in [0.29, 0.717) is 49.1 Å². The monoisotopic (exact) mass is 1090 g/mol. The summed E-state index contributed by atoms with van der Waals surface area (Å²) in [6.45, 7) is 10.4. The summed E-state index contributed by atoms with van der Waals surface area (Å²) in [6, 6.07) is 47.8. The normalized spacial score (nSPS) is 18.9. The van der Waals surface area contributed by atoms with Gasteiger partial charge in [-0.1, -0.05) is 128 Å². The van der Waals surface area contributed by atoms with Gasteiger partial charge in [-0.3, -0.25) is 19.7 Å². The van der Waals surface area contributed by atoms with Crippen molar-refractivity contribution in [2.75, 3.05) is 5.32 Å². The van der Waals surface area contributed by atoms with Gasteiger partial charge >= 0.3 is 6.09 Å². The summed E-state index contributed by atoms with van der Waals surface area (Å²) in [5, 5.41) is 11.4. The molecule has 81 heavy (non-hydrogen) atoms. The Balaban J connectivity index is 0.821. The van der Waals surface area contributed by atoms with Gasteiger partial charge in [-0.2, -0.15) is 0 Å². The molecule has 418 valence electrons. The molecule has 0 radical (unpaired) electrons. The zero-order valence-electron chi connectivity index (χ0n) is 46.8. The maximum absolute atomic E-state index is 14.6. The first-order chi connectivity index (χ1) is 39.1. The zero-order chi connectivity index (χ0) is 56.5. The number of alkyl carbamates (subject to hydrolysis) is 1. The van der Waals surface area contributed by atoms with Crippen LogP contribution in [0.2, 0.25) is 0 Å². The SMILES string of the molecule is C[C@H](NC(=O)[C@H](Cc1ccc(OCc2ccccc2)cc1)NC(=O)OC(C)(C)C)C(=O)N[C@@H](Cc1ccc(OCc2ccccc2)cc1)C(=O)Nc1ncc2c(n1)[C@@]1(C)CC[C@@H]3c4ccc(OCc5ccccc5)cc4CC[C@H]3[C@@H]1C2. The smallest absolute Gasteiger partial charge is 0.408 e. The third kappa shape index (κ3) is 14.1. The second-order valence-corrected chi connectivity index (χ2v) is 23.0. The fourth-order valence-electron chi connectivity index (χ4n) is 11.9. The molecule has 7 atom stereocenters. The van der Waals surface area contributed by atoms with E-state index in [1.54, 1.807) is 32.9 Å². The number of aryl methyl sites for hydroxylation is 1. The molecule has 0 aliphatic heterocycles. The van der Waals surface area contributed by atoms with Crippen LogP contribution in [0.3, 0.4) is 0 Å². The molecular weight excluding hydrogens is 1020 g/mol. The van der Waals surface area contributed by atoms with E-state index in [1.807, 2.05) is 121 Å². The van der Waals surface area contributed by atoms with Crippen molar-refractivity contribution < 1.29 is 38.1 Å². The third-order valence-electron chi connectivity index (χ3n) is 16.0. The lowest BCUT2D eigenvalue weighted by Crippen LogP contribution is -2.56. The predicted molar refractivity (Wildman–Crippen MR) is 311 cm³/mol. The summed E-state index contributed by atoms with van der Waals surface area (Å²) in [5.41, 5.74) is 8.50. The molecule has 14 heteroatoms. The maximum Gasteiger partial charge on any atom is 0.408 e. The topological polar surface area (TPSA) is 179 Å². The van der Waals surface area contributed by atoms with Crippen LogP contribution in [-0.2, 0) is 70.0 Å². The summed E-state index contributed by atoms with van der Waals surface area (Å²) in [5.74, 6) is 1.86. The van der Waals surface area contributed by atoms with Gasteiger partial charge in [0.25, 0.3) is 0 Å². The molecule has 3 aliphatic carbocycles. The number of amides is 4. The van der Waals surface area contributed by atoms with E-state index in [4.69, 9.17) is 28.9 Å². The number of benzene rings is 6. The Morgan fingerprint density at radius 2 is 1.14 bits per heavy atom. The van der Waals surface area contributed by atoms with Crippen LogP contribution in [0.15, 0.2) is 164 Å². The number of nitrogens with zero attached hydrogens (tertiary/aromatic N) is 2. The molecule has 7 aromatic rings. The van der Waals surface area contributed by atoms with Crippen molar-refractivity contribution >= 4 is 29.8 Å². The largest absolute Gasteiger partial charge is 0.489 e. The average Bonchev–Trinajstić information content (AvgIpc) is 2.91. The highest BCUT2D eigenvalue weighted by atomic mass is 16.6. The van der Waals surface area contributed by atoms with Crippen LogP contribution in [-0.4, -0.2) is 57.5 Å². The number of carbonyl (C=O) groups is 4. The highest BCUT2D eigenvalue weighted by Gasteiger charge is 2.54. The van der Waals surface area contributed by atoms with Crippen LogP contribution in [0.1, 0.15) is 110 Å². The quantitative estimate of drug-likeness (QED) is 0.0574. The van der Waals surface area contributed by atoms with Gasteiger partial charge in [0.15, 0.2) is 0 Å². The van der Waals surface area contributed by atoms with Crippen molar-refractivity contribution in [3.05, 3.63) is 214 Å². The van der Waals surface area contributed by atoms with Crippen molar-refractivity contribution in [2.45, 2.75) is 134 Å². The molecule has 1 fully saturated rings. The van der Waals surface area contributed by atoms with Crippen LogP contribution in [0, 0.1) is 11.8 Å². The number of hydrogen-bond donors (Lipinski definition) is 4. The van der Waals surface area contributed by atoms with Gasteiger partial charge in [0, 0.05) is 24.5 Å². The van der Waals surface area contributed by atoms with Crippen LogP contribution < -0.4 is 35.5 Å². The van der Waals surface area contributed by atoms with E-state index < -0.39 is 47.5 Å². The molecule has 10 rings (SSSR count). The number of carbonyl (C=O) groups excluding carboxylic acids is 4. The van der Waals surface area contributed by atoms with E-state index in [0.717, 1.165) is 76.9 Å². The second kappa shape index (κ2) is 24.9. The van der Waals surface area contributed by atoms with Gasteiger partial charge in [-0.15, -0.1) is 0 Å². The first-order valence-corrected chi connectivity index (χ1v) is 28.2. The summed E-state index contributed by atoms with van der Waals surface area (Å²) >= 11 is 0. The van der Waals surface area contributed by atoms with Crippen molar-refractivity contribution in [3.63, 3.8) is 0 Å². The number of ether oxygens (including phenoxy) is 4. The lowest BCUT2D eigenvalue weighted by Gasteiger charge is -2.49. The minimum absolute atomic E-state index is 0.0801. The van der Waals surface area contributed by atoms with Crippen molar-refractivity contribution in [1.82, 2.24) is 25.9 Å². The Bertz CT molecular complexity index is 3300. The molecule has 1 saturated carbocycles. The predicted octanol–water partition coefficient (Wildman–Crippen LogP) is 11.1. The Labute approximate surface area is 474 Å². The average molecular weight is 1090 g/mol. The minimum atomic E-state index is -1.14. The van der Waals surface area contributed by atoms with E-state index in [2.05, 4.69) is 58.5 Å². The van der Waals surface area contributed by atoms with E-state index in [9.17, 15) is 19.2 Å². The molecule has 0 unspecified atom stereocenters. The molecule has 3 aliphatic rings. The lowest BCUT2D eigenvalue weighted by molar-refractivity contribution is -0.131. The number of hydrogen-bond acceptors (Lipinski definition) is 10. The standard InChI is InChI=1S/C67H72N6O8/c1-43(69-62(75)59(71-65(77)81-66(2,3)4)36-45-23-28-52(29-24-45)79-41-47-17-11-7-12-18-47)61(74)70-58(35-44-21-26-51(27-22-44)78-40-46-15-9-6-10-16-46)63(76)73-64-68-39-50-38-57-56-31-25-49-37-53(80-42-48-19-13-8-14-20-48)30-32-54(49)55(56)33-34-67(57,5)60(50)72-64/h6-24,26-30,32,37,39,43,55-59H,25,31,33-36,38,40-42H2,1-5H3,(H,69,75)(H,70,74)(H,71,77)(H,68,72,73,76)/t43-,55+,56+,57-,58-,59-,67-/m0/s1. The minimum Gasteiger partial charge on any atom is -0.489 e. The second-order valence-electron chi connectivity index (χ2n) is 23.0. The number of aromatic nitrogens is 2. The molecular formula is C67H72N6O8. The van der Waals surface area contributed by atoms with Crippen LogP contribution >= 0.6 is 0 Å². The molecule has 4 N–H and O–H groups in total. The molecule has 14 nitrogen and oxygen atoms in total. The lowest BCUT2D eigenvalue weighted by atomic mass is 9.55. The molecule has 4 amide bonds. The van der Waals surface area contributed by atoms with Crippen molar-refractivity contribution in [2.24, 2.45) is 11.8 Å². The summed E-state index contributed by atoms with van der Waals surface area (Å²) < 4.78 is 23.8. The van der Waals surface area contributed by atoms with Crippen molar-refractivity contribution in [3.8, 4) is 17.2 Å². The summed E-state index contributed by atoms with van der Waals surface area (Å²) in [4.78, 5) is 66.0. The van der Waals surface area contributed by atoms with Gasteiger partial charge in [-0.25, -0.2) is 14.8 Å². The van der Waals surface area contributed by atoms with Gasteiger partial charge < -0.3 is 34.9 Å². The van der Waals surface area contributed by atoms with Gasteiger partial charge in [0.05, 0.1) is 5.69 Å². The number of anilines is 1. The Kier molecular flexibility index (Phi) is 17.1. The van der Waals surface area contributed by atoms with E-state index in [-0.39, 0.29) is 24.2 Å².